The minimum atomic E-state index is 1.07. The summed E-state index contributed by atoms with van der Waals surface area (Å²) in [4.78, 5) is 0. The Morgan fingerprint density at radius 1 is 0.900 bits per heavy atom. The van der Waals surface area contributed by atoms with E-state index in [9.17, 15) is 0 Å². The molecule has 2 fully saturated rings. The largest absolute Gasteiger partial charge is 0.158 e. The van der Waals surface area contributed by atoms with E-state index in [1.807, 2.05) is 0 Å². The van der Waals surface area contributed by atoms with E-state index in [0.29, 0.717) is 0 Å². The van der Waals surface area contributed by atoms with Crippen LogP contribution in [0.4, 0.5) is 0 Å². The monoisotopic (exact) mass is 156 g/mol. The van der Waals surface area contributed by atoms with Crippen molar-refractivity contribution in [3.05, 3.63) is 0 Å². The highest BCUT2D eigenvalue weighted by molar-refractivity contribution is 7.99. The summed E-state index contributed by atoms with van der Waals surface area (Å²) in [5.41, 5.74) is 0. The third-order valence-corrected chi connectivity index (χ3v) is 4.46. The highest BCUT2D eigenvalue weighted by Gasteiger charge is 2.27. The van der Waals surface area contributed by atoms with Crippen molar-refractivity contribution in [2.24, 2.45) is 5.92 Å². The normalized spacial score (nSPS) is 40.8. The van der Waals surface area contributed by atoms with Crippen LogP contribution in [0, 0.1) is 5.92 Å². The van der Waals surface area contributed by atoms with Crippen LogP contribution in [0.15, 0.2) is 0 Å². The van der Waals surface area contributed by atoms with Gasteiger partial charge < -0.3 is 0 Å². The molecule has 0 aromatic rings. The van der Waals surface area contributed by atoms with Gasteiger partial charge in [0, 0.05) is 5.25 Å². The summed E-state index contributed by atoms with van der Waals surface area (Å²) < 4.78 is 0. The highest BCUT2D eigenvalue weighted by Crippen LogP contribution is 2.39. The first kappa shape index (κ1) is 7.02. The lowest BCUT2D eigenvalue weighted by Gasteiger charge is -2.34. The fourth-order valence-electron chi connectivity index (χ4n) is 2.30. The Hall–Kier alpha value is 0.350. The van der Waals surface area contributed by atoms with Crippen molar-refractivity contribution < 1.29 is 0 Å². The zero-order valence-corrected chi connectivity index (χ0v) is 7.33. The summed E-state index contributed by atoms with van der Waals surface area (Å²) in [5, 5.41) is 1.07. The fourth-order valence-corrected chi connectivity index (χ4v) is 3.82. The standard InChI is InChI=1S/C9H16S/c1-2-6-9-8(4-1)5-3-7-10-9/h8-9H,1-7H2/t8-,9+/m0/s1. The first-order valence-corrected chi connectivity index (χ1v) is 5.63. The summed E-state index contributed by atoms with van der Waals surface area (Å²) in [6.07, 6.45) is 9.12. The van der Waals surface area contributed by atoms with Crippen LogP contribution in [0.25, 0.3) is 0 Å². The maximum absolute atomic E-state index is 2.25. The molecule has 0 radical (unpaired) electrons. The lowest BCUT2D eigenvalue weighted by Crippen LogP contribution is -2.25. The molecule has 1 heteroatoms. The van der Waals surface area contributed by atoms with Gasteiger partial charge in [0.25, 0.3) is 0 Å². The van der Waals surface area contributed by atoms with Gasteiger partial charge in [0.05, 0.1) is 0 Å². The summed E-state index contributed by atoms with van der Waals surface area (Å²) >= 11 is 2.25. The van der Waals surface area contributed by atoms with Crippen molar-refractivity contribution >= 4 is 11.8 Å². The van der Waals surface area contributed by atoms with Gasteiger partial charge in [-0.1, -0.05) is 12.8 Å². The number of rotatable bonds is 0. The van der Waals surface area contributed by atoms with Gasteiger partial charge in [-0.2, -0.15) is 11.8 Å². The quantitative estimate of drug-likeness (QED) is 0.519. The van der Waals surface area contributed by atoms with Crippen LogP contribution in [0.5, 0.6) is 0 Å². The number of hydrogen-bond acceptors (Lipinski definition) is 1. The molecule has 2 aliphatic rings. The average Bonchev–Trinajstić information content (AvgIpc) is 2.05. The van der Waals surface area contributed by atoms with Crippen molar-refractivity contribution in [2.45, 2.75) is 43.8 Å². The summed E-state index contributed by atoms with van der Waals surface area (Å²) in [6, 6.07) is 0. The van der Waals surface area contributed by atoms with E-state index in [2.05, 4.69) is 11.8 Å². The van der Waals surface area contributed by atoms with Crippen molar-refractivity contribution in [2.75, 3.05) is 5.75 Å². The molecule has 10 heavy (non-hydrogen) atoms. The van der Waals surface area contributed by atoms with Crippen LogP contribution >= 0.6 is 11.8 Å². The fraction of sp³-hybridized carbons (Fsp3) is 1.00. The molecular formula is C9H16S. The first-order valence-electron chi connectivity index (χ1n) is 4.58. The predicted molar refractivity (Wildman–Crippen MR) is 47.4 cm³/mol. The predicted octanol–water partition coefficient (Wildman–Crippen LogP) is 3.07. The van der Waals surface area contributed by atoms with Gasteiger partial charge in [-0.15, -0.1) is 0 Å². The molecule has 0 N–H and O–H groups in total. The van der Waals surface area contributed by atoms with Gasteiger partial charge in [0.1, 0.15) is 0 Å². The van der Waals surface area contributed by atoms with E-state index in [-0.39, 0.29) is 0 Å². The van der Waals surface area contributed by atoms with Gasteiger partial charge in [-0.25, -0.2) is 0 Å². The zero-order valence-electron chi connectivity index (χ0n) is 6.51. The second-order valence-corrected chi connectivity index (χ2v) is 4.94. The molecule has 1 heterocycles. The SMILES string of the molecule is C1CC[C@H]2SCCC[C@@H]2C1. The molecule has 1 saturated heterocycles. The number of hydrogen-bond donors (Lipinski definition) is 0. The third kappa shape index (κ3) is 1.34. The molecule has 0 spiro atoms. The van der Waals surface area contributed by atoms with E-state index in [1.54, 1.807) is 0 Å². The molecule has 1 aliphatic carbocycles. The molecule has 0 amide bonds. The van der Waals surface area contributed by atoms with Crippen LogP contribution in [0.1, 0.15) is 38.5 Å². The molecule has 2 atom stereocenters. The van der Waals surface area contributed by atoms with Gasteiger partial charge in [-0.05, 0) is 37.4 Å². The van der Waals surface area contributed by atoms with Crippen molar-refractivity contribution in [1.82, 2.24) is 0 Å². The average molecular weight is 156 g/mol. The number of thioether (sulfide) groups is 1. The Labute approximate surface area is 67.8 Å². The van der Waals surface area contributed by atoms with Crippen LogP contribution < -0.4 is 0 Å². The first-order chi connectivity index (χ1) is 4.97. The maximum atomic E-state index is 2.25. The summed E-state index contributed by atoms with van der Waals surface area (Å²) in [7, 11) is 0. The molecule has 0 nitrogen and oxygen atoms in total. The van der Waals surface area contributed by atoms with E-state index in [1.165, 1.54) is 44.3 Å². The van der Waals surface area contributed by atoms with Crippen LogP contribution in [0.2, 0.25) is 0 Å². The smallest absolute Gasteiger partial charge is 0.00753 e. The number of fused-ring (bicyclic) bond motifs is 1. The van der Waals surface area contributed by atoms with E-state index < -0.39 is 0 Å². The molecular weight excluding hydrogens is 140 g/mol. The molecule has 0 unspecified atom stereocenters. The summed E-state index contributed by atoms with van der Waals surface area (Å²) in [5.74, 6) is 2.56. The highest BCUT2D eigenvalue weighted by atomic mass is 32.2. The molecule has 0 aromatic carbocycles. The molecule has 1 aliphatic heterocycles. The Balaban J connectivity index is 1.93. The van der Waals surface area contributed by atoms with E-state index in [4.69, 9.17) is 0 Å². The second-order valence-electron chi connectivity index (χ2n) is 3.60. The lowest BCUT2D eigenvalue weighted by atomic mass is 9.85. The molecule has 0 bridgehead atoms. The van der Waals surface area contributed by atoms with Gasteiger partial charge in [0.2, 0.25) is 0 Å². The molecule has 58 valence electrons. The van der Waals surface area contributed by atoms with Crippen molar-refractivity contribution in [3.63, 3.8) is 0 Å². The Morgan fingerprint density at radius 2 is 1.70 bits per heavy atom. The zero-order chi connectivity index (χ0) is 6.81. The van der Waals surface area contributed by atoms with E-state index in [0.717, 1.165) is 11.2 Å². The molecule has 0 aromatic heterocycles. The van der Waals surface area contributed by atoms with Crippen LogP contribution in [-0.4, -0.2) is 11.0 Å². The molecule has 1 saturated carbocycles. The minimum Gasteiger partial charge on any atom is -0.158 e. The third-order valence-electron chi connectivity index (χ3n) is 2.89. The van der Waals surface area contributed by atoms with Crippen molar-refractivity contribution in [1.29, 1.82) is 0 Å². The van der Waals surface area contributed by atoms with Crippen LogP contribution in [-0.2, 0) is 0 Å². The lowest BCUT2D eigenvalue weighted by molar-refractivity contribution is 0.340. The summed E-state index contributed by atoms with van der Waals surface area (Å²) in [6.45, 7) is 0. The topological polar surface area (TPSA) is 0 Å². The van der Waals surface area contributed by atoms with Crippen LogP contribution in [0.3, 0.4) is 0 Å². The Bertz CT molecular complexity index is 85.3. The Morgan fingerprint density at radius 3 is 2.60 bits per heavy atom. The second kappa shape index (κ2) is 3.17. The van der Waals surface area contributed by atoms with E-state index >= 15 is 0 Å². The van der Waals surface area contributed by atoms with Gasteiger partial charge >= 0.3 is 0 Å². The van der Waals surface area contributed by atoms with Gasteiger partial charge in [-0.3, -0.25) is 0 Å². The minimum absolute atomic E-state index is 1.07. The van der Waals surface area contributed by atoms with Gasteiger partial charge in [0.15, 0.2) is 0 Å². The maximum Gasteiger partial charge on any atom is 0.00753 e. The molecule has 2 rings (SSSR count). The van der Waals surface area contributed by atoms with Crippen molar-refractivity contribution in [3.8, 4) is 0 Å². The Kier molecular flexibility index (Phi) is 2.22.